The molecule has 0 aromatic heterocycles. The summed E-state index contributed by atoms with van der Waals surface area (Å²) in [6, 6.07) is 3.62. The summed E-state index contributed by atoms with van der Waals surface area (Å²) >= 11 is 0. The molecule has 0 radical (unpaired) electrons. The molecule has 0 aliphatic heterocycles. The normalized spacial score (nSPS) is 27.1. The minimum atomic E-state index is -0.928. The minimum Gasteiger partial charge on any atom is -0.203 e. The summed E-state index contributed by atoms with van der Waals surface area (Å²) in [7, 11) is 0. The van der Waals surface area contributed by atoms with Gasteiger partial charge < -0.3 is 0 Å². The van der Waals surface area contributed by atoms with E-state index in [0.717, 1.165) is 57.8 Å². The second kappa shape index (κ2) is 10.9. The van der Waals surface area contributed by atoms with E-state index in [9.17, 15) is 17.6 Å². The molecule has 176 valence electrons. The highest BCUT2D eigenvalue weighted by molar-refractivity contribution is 5.34. The summed E-state index contributed by atoms with van der Waals surface area (Å²) in [5.74, 6) is -1.98. The van der Waals surface area contributed by atoms with Crippen LogP contribution in [0.5, 0.6) is 0 Å². The molecular weight excluding hydrogens is 412 g/mol. The average molecular weight is 449 g/mol. The van der Waals surface area contributed by atoms with Crippen molar-refractivity contribution in [1.29, 1.82) is 0 Å². The molecule has 2 saturated carbocycles. The lowest BCUT2D eigenvalue weighted by Crippen LogP contribution is -2.17. The van der Waals surface area contributed by atoms with Gasteiger partial charge in [0.15, 0.2) is 23.3 Å². The van der Waals surface area contributed by atoms with Crippen molar-refractivity contribution in [3.8, 4) is 0 Å². The van der Waals surface area contributed by atoms with Crippen molar-refractivity contribution < 1.29 is 17.6 Å². The van der Waals surface area contributed by atoms with Crippen LogP contribution in [-0.2, 0) is 0 Å². The Hall–Kier alpha value is -1.84. The number of benzene rings is 1. The first kappa shape index (κ1) is 24.8. The monoisotopic (exact) mass is 448 g/mol. The van der Waals surface area contributed by atoms with E-state index in [-0.39, 0.29) is 23.0 Å². The molecule has 2 aliphatic carbocycles. The zero-order valence-corrected chi connectivity index (χ0v) is 19.5. The van der Waals surface area contributed by atoms with E-state index in [4.69, 9.17) is 0 Å². The van der Waals surface area contributed by atoms with Crippen LogP contribution in [0.4, 0.5) is 17.6 Å². The lowest BCUT2D eigenvalue weighted by atomic mass is 9.75. The molecule has 0 nitrogen and oxygen atoms in total. The summed E-state index contributed by atoms with van der Waals surface area (Å²) < 4.78 is 57.6. The van der Waals surface area contributed by atoms with Crippen LogP contribution < -0.4 is 0 Å². The second-order valence-corrected chi connectivity index (χ2v) is 10.1. The predicted molar refractivity (Wildman–Crippen MR) is 124 cm³/mol. The predicted octanol–water partition coefficient (Wildman–Crippen LogP) is 9.60. The molecule has 2 fully saturated rings. The highest BCUT2D eigenvalue weighted by atomic mass is 19.2. The third-order valence-electron chi connectivity index (χ3n) is 7.62. The Kier molecular flexibility index (Phi) is 8.41. The molecule has 2 aliphatic rings. The van der Waals surface area contributed by atoms with E-state index < -0.39 is 23.3 Å². The van der Waals surface area contributed by atoms with Crippen LogP contribution in [-0.4, -0.2) is 0 Å². The van der Waals surface area contributed by atoms with Crippen LogP contribution in [0.3, 0.4) is 0 Å². The van der Waals surface area contributed by atoms with E-state index in [0.29, 0.717) is 29.4 Å². The van der Waals surface area contributed by atoms with Gasteiger partial charge in [-0.1, -0.05) is 45.1 Å². The Labute approximate surface area is 190 Å². The summed E-state index contributed by atoms with van der Waals surface area (Å²) in [6.45, 7) is 10.7. The number of allylic oxidation sites excluding steroid dienone is 4. The molecule has 0 N–H and O–H groups in total. The van der Waals surface area contributed by atoms with Gasteiger partial charge in [-0.05, 0) is 104 Å². The Morgan fingerprint density at radius 3 is 1.75 bits per heavy atom. The zero-order chi connectivity index (χ0) is 23.4. The third kappa shape index (κ3) is 5.74. The summed E-state index contributed by atoms with van der Waals surface area (Å²) in [4.78, 5) is 0. The Bertz CT molecular complexity index is 866. The molecule has 0 atom stereocenters. The molecule has 1 aromatic rings. The fourth-order valence-electron chi connectivity index (χ4n) is 5.37. The molecule has 0 spiro atoms. The molecule has 32 heavy (non-hydrogen) atoms. The van der Waals surface area contributed by atoms with Crippen LogP contribution in [0.2, 0.25) is 0 Å². The number of rotatable bonds is 7. The second-order valence-electron chi connectivity index (χ2n) is 10.1. The summed E-state index contributed by atoms with van der Waals surface area (Å²) in [6.07, 6.45) is 8.42. The van der Waals surface area contributed by atoms with Gasteiger partial charge in [0, 0.05) is 0 Å². The SMILES string of the molecule is C=C(C)/C(F)=C(/F)C(=C)CCC1CCC(c2ccc(C3CCC(C)CC3)c(F)c2F)CC1. The van der Waals surface area contributed by atoms with Crippen LogP contribution >= 0.6 is 0 Å². The lowest BCUT2D eigenvalue weighted by molar-refractivity contribution is 0.303. The first-order valence-corrected chi connectivity index (χ1v) is 12.1. The van der Waals surface area contributed by atoms with Crippen molar-refractivity contribution in [3.05, 3.63) is 70.9 Å². The molecule has 0 heterocycles. The first-order valence-electron chi connectivity index (χ1n) is 12.1. The molecule has 0 bridgehead atoms. The molecular formula is C28H36F4. The smallest absolute Gasteiger partial charge is 0.162 e. The van der Waals surface area contributed by atoms with E-state index in [1.807, 2.05) is 6.07 Å². The Balaban J connectivity index is 1.56. The van der Waals surface area contributed by atoms with Gasteiger partial charge in [-0.25, -0.2) is 17.6 Å². The molecule has 0 saturated heterocycles. The number of hydrogen-bond donors (Lipinski definition) is 0. The molecule has 0 amide bonds. The van der Waals surface area contributed by atoms with Crippen molar-refractivity contribution >= 4 is 0 Å². The topological polar surface area (TPSA) is 0 Å². The Morgan fingerprint density at radius 1 is 0.812 bits per heavy atom. The summed E-state index contributed by atoms with van der Waals surface area (Å²) in [5.41, 5.74) is 1.26. The van der Waals surface area contributed by atoms with Gasteiger partial charge in [0.1, 0.15) is 0 Å². The van der Waals surface area contributed by atoms with Gasteiger partial charge in [-0.2, -0.15) is 0 Å². The molecule has 4 heteroatoms. The van der Waals surface area contributed by atoms with Crippen molar-refractivity contribution in [2.45, 2.75) is 89.9 Å². The quantitative estimate of drug-likeness (QED) is 0.288. The highest BCUT2D eigenvalue weighted by Gasteiger charge is 2.29. The van der Waals surface area contributed by atoms with Crippen LogP contribution in [0.25, 0.3) is 0 Å². The van der Waals surface area contributed by atoms with Crippen molar-refractivity contribution in [1.82, 2.24) is 0 Å². The standard InChI is InChI=1S/C28H36F4/c1-17(2)25(29)26(30)19(4)7-8-20-9-13-22(14-10-20)24-16-15-23(27(31)28(24)32)21-11-5-18(3)6-12-21/h15-16,18,20-22H,1,4-14H2,2-3H3/b26-25-. The minimum absolute atomic E-state index is 0.0156. The maximum atomic E-state index is 15.0. The zero-order valence-electron chi connectivity index (χ0n) is 19.5. The van der Waals surface area contributed by atoms with Gasteiger partial charge in [0.25, 0.3) is 0 Å². The number of hydrogen-bond acceptors (Lipinski definition) is 0. The van der Waals surface area contributed by atoms with Gasteiger partial charge in [0.2, 0.25) is 0 Å². The van der Waals surface area contributed by atoms with Crippen molar-refractivity contribution in [2.75, 3.05) is 0 Å². The van der Waals surface area contributed by atoms with Crippen molar-refractivity contribution in [3.63, 3.8) is 0 Å². The fourth-order valence-corrected chi connectivity index (χ4v) is 5.37. The van der Waals surface area contributed by atoms with E-state index in [1.165, 1.54) is 6.92 Å². The molecule has 0 unspecified atom stereocenters. The third-order valence-corrected chi connectivity index (χ3v) is 7.62. The maximum Gasteiger partial charge on any atom is 0.162 e. The number of halogens is 4. The first-order chi connectivity index (χ1) is 15.2. The molecule has 1 aromatic carbocycles. The van der Waals surface area contributed by atoms with E-state index in [1.54, 1.807) is 6.07 Å². The van der Waals surface area contributed by atoms with Gasteiger partial charge in [-0.15, -0.1) is 0 Å². The highest BCUT2D eigenvalue weighted by Crippen LogP contribution is 2.42. The maximum absolute atomic E-state index is 15.0. The van der Waals surface area contributed by atoms with Gasteiger partial charge in [0.05, 0.1) is 0 Å². The van der Waals surface area contributed by atoms with Crippen molar-refractivity contribution in [2.24, 2.45) is 11.8 Å². The van der Waals surface area contributed by atoms with Gasteiger partial charge >= 0.3 is 0 Å². The van der Waals surface area contributed by atoms with Crippen LogP contribution in [0.1, 0.15) is 101 Å². The summed E-state index contributed by atoms with van der Waals surface area (Å²) in [5, 5.41) is 0. The average Bonchev–Trinajstić information content (AvgIpc) is 2.79. The fraction of sp³-hybridized carbons (Fsp3) is 0.571. The molecule has 3 rings (SSSR count). The van der Waals surface area contributed by atoms with Crippen LogP contribution in [0.15, 0.2) is 48.1 Å². The van der Waals surface area contributed by atoms with E-state index in [2.05, 4.69) is 20.1 Å². The van der Waals surface area contributed by atoms with Crippen LogP contribution in [0, 0.1) is 23.5 Å². The lowest BCUT2D eigenvalue weighted by Gasteiger charge is -2.30. The largest absolute Gasteiger partial charge is 0.203 e. The van der Waals surface area contributed by atoms with Gasteiger partial charge in [-0.3, -0.25) is 0 Å². The van der Waals surface area contributed by atoms with E-state index >= 15 is 0 Å². The Morgan fingerprint density at radius 2 is 1.28 bits per heavy atom.